The molecule has 0 atom stereocenters. The third kappa shape index (κ3) is 5.24. The number of aliphatic imine (C=N–C) groups is 1. The summed E-state index contributed by atoms with van der Waals surface area (Å²) >= 11 is 0. The lowest BCUT2D eigenvalue weighted by atomic mass is 10.1. The van der Waals surface area contributed by atoms with Gasteiger partial charge < -0.3 is 10.2 Å². The average Bonchev–Trinajstić information content (AvgIpc) is 3.67. The van der Waals surface area contributed by atoms with Gasteiger partial charge in [0.2, 0.25) is 0 Å². The van der Waals surface area contributed by atoms with Crippen molar-refractivity contribution < 1.29 is 26.3 Å². The lowest BCUT2D eigenvalue weighted by Crippen LogP contribution is -2.24. The summed E-state index contributed by atoms with van der Waals surface area (Å²) < 4.78 is 80.1. The van der Waals surface area contributed by atoms with Crippen LogP contribution in [0.2, 0.25) is 0 Å². The van der Waals surface area contributed by atoms with Gasteiger partial charge in [-0.25, -0.2) is 19.9 Å². The predicted octanol–water partition coefficient (Wildman–Crippen LogP) is 4.55. The number of nitrogens with one attached hydrogen (secondary N) is 1. The van der Waals surface area contributed by atoms with Gasteiger partial charge in [-0.1, -0.05) is 0 Å². The molecule has 9 nitrogen and oxygen atoms in total. The molecule has 0 aliphatic carbocycles. The van der Waals surface area contributed by atoms with E-state index in [1.54, 1.807) is 7.05 Å². The van der Waals surface area contributed by atoms with Crippen LogP contribution in [0.5, 0.6) is 0 Å². The molecule has 4 aromatic rings. The minimum absolute atomic E-state index is 0.0164. The summed E-state index contributed by atoms with van der Waals surface area (Å²) in [6.07, 6.45) is -6.20. The molecule has 0 aromatic carbocycles. The largest absolute Gasteiger partial charge is 0.418 e. The highest BCUT2D eigenvalue weighted by Gasteiger charge is 2.37. The quantitative estimate of drug-likeness (QED) is 0.370. The Morgan fingerprint density at radius 3 is 2.38 bits per heavy atom. The van der Waals surface area contributed by atoms with Gasteiger partial charge in [0.05, 0.1) is 41.8 Å². The standard InChI is InChI=1S/C22H15F6N9/c1-37(10-12-8-30-12)17-6-13(22(26,27)28)18(36-35-17)15-9-32-19-14(4-5-29-20(19)34-15)33-16-3-2-11(7-31-16)21(23,24)25/h2-7,9H,8,10H2,1H3,(H,29,31,33,34). The Morgan fingerprint density at radius 2 is 1.73 bits per heavy atom. The third-order valence-corrected chi connectivity index (χ3v) is 5.32. The Bertz CT molecular complexity index is 1500. The van der Waals surface area contributed by atoms with Crippen LogP contribution in [-0.2, 0) is 12.4 Å². The highest BCUT2D eigenvalue weighted by atomic mass is 19.4. The van der Waals surface area contributed by atoms with Crippen LogP contribution < -0.4 is 10.2 Å². The van der Waals surface area contributed by atoms with E-state index in [4.69, 9.17) is 0 Å². The molecule has 0 bridgehead atoms. The Morgan fingerprint density at radius 1 is 0.946 bits per heavy atom. The van der Waals surface area contributed by atoms with Gasteiger partial charge in [-0.05, 0) is 24.3 Å². The van der Waals surface area contributed by atoms with Crippen molar-refractivity contribution in [3.05, 3.63) is 54.0 Å². The summed E-state index contributed by atoms with van der Waals surface area (Å²) in [5.74, 6) is 0.113. The minimum Gasteiger partial charge on any atom is -0.353 e. The van der Waals surface area contributed by atoms with Crippen molar-refractivity contribution in [2.75, 3.05) is 30.4 Å². The summed E-state index contributed by atoms with van der Waals surface area (Å²) in [5, 5.41) is 10.5. The topological polar surface area (TPSA) is 105 Å². The van der Waals surface area contributed by atoms with E-state index >= 15 is 0 Å². The van der Waals surface area contributed by atoms with E-state index in [-0.39, 0.29) is 28.5 Å². The molecule has 5 rings (SSSR count). The van der Waals surface area contributed by atoms with Crippen LogP contribution in [-0.4, -0.2) is 56.0 Å². The molecule has 1 aliphatic heterocycles. The van der Waals surface area contributed by atoms with Crippen LogP contribution in [0.15, 0.2) is 47.8 Å². The summed E-state index contributed by atoms with van der Waals surface area (Å²) in [6, 6.07) is 4.36. The van der Waals surface area contributed by atoms with Crippen LogP contribution in [0, 0.1) is 0 Å². The van der Waals surface area contributed by atoms with Gasteiger partial charge in [-0.15, -0.1) is 10.2 Å². The van der Waals surface area contributed by atoms with Crippen molar-refractivity contribution in [2.24, 2.45) is 4.99 Å². The Labute approximate surface area is 204 Å². The highest BCUT2D eigenvalue weighted by molar-refractivity contribution is 5.99. The number of nitrogens with zero attached hydrogens (tertiary/aromatic N) is 8. The Balaban J connectivity index is 1.48. The van der Waals surface area contributed by atoms with E-state index in [0.717, 1.165) is 30.1 Å². The van der Waals surface area contributed by atoms with Gasteiger partial charge in [-0.2, -0.15) is 26.3 Å². The number of fused-ring (bicyclic) bond motifs is 1. The zero-order valence-corrected chi connectivity index (χ0v) is 18.8. The fourth-order valence-electron chi connectivity index (χ4n) is 3.39. The van der Waals surface area contributed by atoms with Crippen molar-refractivity contribution in [1.82, 2.24) is 30.1 Å². The van der Waals surface area contributed by atoms with Crippen LogP contribution in [0.1, 0.15) is 11.1 Å². The van der Waals surface area contributed by atoms with E-state index in [2.05, 4.69) is 40.4 Å². The number of pyridine rings is 2. The first-order valence-corrected chi connectivity index (χ1v) is 10.6. The molecule has 0 fully saturated rings. The van der Waals surface area contributed by atoms with Gasteiger partial charge >= 0.3 is 12.4 Å². The molecule has 190 valence electrons. The van der Waals surface area contributed by atoms with Crippen molar-refractivity contribution in [1.29, 1.82) is 0 Å². The maximum Gasteiger partial charge on any atom is 0.418 e. The Kier molecular flexibility index (Phi) is 5.84. The molecule has 0 saturated carbocycles. The van der Waals surface area contributed by atoms with E-state index in [1.165, 1.54) is 17.2 Å². The van der Waals surface area contributed by atoms with Gasteiger partial charge in [0.1, 0.15) is 22.7 Å². The van der Waals surface area contributed by atoms with Crippen molar-refractivity contribution >= 4 is 34.2 Å². The molecule has 0 spiro atoms. The second-order valence-corrected chi connectivity index (χ2v) is 8.04. The number of halogens is 6. The molecular weight excluding hydrogens is 504 g/mol. The Hall–Kier alpha value is -4.43. The van der Waals surface area contributed by atoms with Crippen LogP contribution in [0.3, 0.4) is 0 Å². The van der Waals surface area contributed by atoms with Gasteiger partial charge in [0, 0.05) is 19.4 Å². The first-order valence-electron chi connectivity index (χ1n) is 10.6. The molecular formula is C22H15F6N9. The molecule has 4 aromatic heterocycles. The fraction of sp³-hybridized carbons (Fsp3) is 0.227. The molecule has 37 heavy (non-hydrogen) atoms. The fourth-order valence-corrected chi connectivity index (χ4v) is 3.39. The zero-order valence-electron chi connectivity index (χ0n) is 18.8. The number of hydrogen-bond acceptors (Lipinski definition) is 9. The molecule has 1 aliphatic rings. The minimum atomic E-state index is -4.75. The number of alkyl halides is 6. The highest BCUT2D eigenvalue weighted by Crippen LogP contribution is 2.37. The van der Waals surface area contributed by atoms with Crippen molar-refractivity contribution in [2.45, 2.75) is 12.4 Å². The second-order valence-electron chi connectivity index (χ2n) is 8.04. The molecule has 0 unspecified atom stereocenters. The summed E-state index contributed by atoms with van der Waals surface area (Å²) in [7, 11) is 1.59. The molecule has 0 amide bonds. The van der Waals surface area contributed by atoms with E-state index in [9.17, 15) is 26.3 Å². The van der Waals surface area contributed by atoms with Crippen LogP contribution >= 0.6 is 0 Å². The number of anilines is 3. The number of aromatic nitrogens is 6. The maximum atomic E-state index is 13.9. The summed E-state index contributed by atoms with van der Waals surface area (Å²) in [5.41, 5.74) is -1.39. The smallest absolute Gasteiger partial charge is 0.353 e. The molecule has 5 heterocycles. The number of hydrogen-bond donors (Lipinski definition) is 1. The first-order chi connectivity index (χ1) is 17.5. The lowest BCUT2D eigenvalue weighted by Gasteiger charge is -2.18. The first kappa shape index (κ1) is 24.3. The normalized spacial score (nSPS) is 13.4. The summed E-state index contributed by atoms with van der Waals surface area (Å²) in [4.78, 5) is 21.7. The molecule has 15 heteroatoms. The van der Waals surface area contributed by atoms with Crippen LogP contribution in [0.25, 0.3) is 22.6 Å². The zero-order chi connectivity index (χ0) is 26.4. The SMILES string of the molecule is CN(CC1=NC1)c1cc(C(F)(F)F)c(-c2cnc3c(Nc4ccc(C(F)(F)F)cn4)ccnc3n2)nn1. The van der Waals surface area contributed by atoms with Gasteiger partial charge in [-0.3, -0.25) is 4.99 Å². The predicted molar refractivity (Wildman–Crippen MR) is 121 cm³/mol. The van der Waals surface area contributed by atoms with Crippen molar-refractivity contribution in [3.63, 3.8) is 0 Å². The lowest BCUT2D eigenvalue weighted by molar-refractivity contribution is -0.138. The van der Waals surface area contributed by atoms with E-state index < -0.39 is 29.2 Å². The molecule has 0 radical (unpaired) electrons. The maximum absolute atomic E-state index is 13.9. The van der Waals surface area contributed by atoms with E-state index in [0.29, 0.717) is 25.0 Å². The van der Waals surface area contributed by atoms with Crippen molar-refractivity contribution in [3.8, 4) is 11.4 Å². The third-order valence-electron chi connectivity index (χ3n) is 5.32. The molecule has 1 N–H and O–H groups in total. The number of rotatable bonds is 6. The average molecular weight is 519 g/mol. The monoisotopic (exact) mass is 519 g/mol. The van der Waals surface area contributed by atoms with Gasteiger partial charge in [0.15, 0.2) is 11.5 Å². The summed E-state index contributed by atoms with van der Waals surface area (Å²) in [6.45, 7) is 0.919. The van der Waals surface area contributed by atoms with E-state index in [1.807, 2.05) is 0 Å². The van der Waals surface area contributed by atoms with Gasteiger partial charge in [0.25, 0.3) is 0 Å². The second kappa shape index (κ2) is 8.90. The van der Waals surface area contributed by atoms with Crippen LogP contribution in [0.4, 0.5) is 43.7 Å². The molecule has 0 saturated heterocycles.